The van der Waals surface area contributed by atoms with Crippen LogP contribution in [0.2, 0.25) is 0 Å². The maximum absolute atomic E-state index is 13.0. The van der Waals surface area contributed by atoms with Crippen molar-refractivity contribution < 1.29 is 4.39 Å². The van der Waals surface area contributed by atoms with E-state index in [1.54, 1.807) is 18.3 Å². The molecule has 1 N–H and O–H groups in total. The molecular weight excluding hydrogens is 227 g/mol. The number of benzene rings is 1. The fourth-order valence-electron chi connectivity index (χ4n) is 1.88. The van der Waals surface area contributed by atoms with Crippen molar-refractivity contribution in [3.63, 3.8) is 0 Å². The molecule has 0 spiro atoms. The molecule has 1 aromatic heterocycles. The number of hydrogen-bond acceptors (Lipinski definition) is 2. The van der Waals surface area contributed by atoms with Crippen molar-refractivity contribution in [3.8, 4) is 0 Å². The Balaban J connectivity index is 2.27. The molecule has 2 nitrogen and oxygen atoms in total. The molecular formula is C15H17FN2. The summed E-state index contributed by atoms with van der Waals surface area (Å²) in [4.78, 5) is 4.37. The molecule has 1 aromatic carbocycles. The molecule has 1 atom stereocenters. The smallest absolute Gasteiger partial charge is 0.123 e. The summed E-state index contributed by atoms with van der Waals surface area (Å²) < 4.78 is 13.0. The number of nitrogens with zero attached hydrogens (tertiary/aromatic N) is 1. The van der Waals surface area contributed by atoms with Crippen LogP contribution in [0.5, 0.6) is 0 Å². The summed E-state index contributed by atoms with van der Waals surface area (Å²) in [6.07, 6.45) is 2.82. The number of pyridine rings is 1. The van der Waals surface area contributed by atoms with Crippen molar-refractivity contribution >= 4 is 0 Å². The molecule has 1 heterocycles. The average Bonchev–Trinajstić information content (AvgIpc) is 2.42. The quantitative estimate of drug-likeness (QED) is 0.872. The Bertz CT molecular complexity index is 468. The molecule has 0 radical (unpaired) electrons. The molecule has 0 aliphatic heterocycles. The van der Waals surface area contributed by atoms with Crippen molar-refractivity contribution in [2.45, 2.75) is 19.4 Å². The molecule has 0 fully saturated rings. The van der Waals surface area contributed by atoms with Crippen molar-refractivity contribution in [2.75, 3.05) is 6.54 Å². The Hall–Kier alpha value is -1.74. The van der Waals surface area contributed by atoms with Gasteiger partial charge in [0.1, 0.15) is 5.82 Å². The molecule has 3 heteroatoms. The van der Waals surface area contributed by atoms with E-state index in [9.17, 15) is 4.39 Å². The Labute approximate surface area is 107 Å². The molecule has 2 aromatic rings. The third-order valence-corrected chi connectivity index (χ3v) is 2.79. The van der Waals surface area contributed by atoms with Gasteiger partial charge in [-0.2, -0.15) is 0 Å². The van der Waals surface area contributed by atoms with Gasteiger partial charge >= 0.3 is 0 Å². The zero-order valence-corrected chi connectivity index (χ0v) is 10.4. The Morgan fingerprint density at radius 3 is 2.56 bits per heavy atom. The minimum atomic E-state index is -0.214. The minimum Gasteiger partial charge on any atom is -0.305 e. The Morgan fingerprint density at radius 2 is 1.94 bits per heavy atom. The van der Waals surface area contributed by atoms with Crippen LogP contribution in [0.15, 0.2) is 48.7 Å². The highest BCUT2D eigenvalue weighted by molar-refractivity contribution is 5.27. The topological polar surface area (TPSA) is 24.9 Å². The third-order valence-electron chi connectivity index (χ3n) is 2.79. The summed E-state index contributed by atoms with van der Waals surface area (Å²) in [6.45, 7) is 3.02. The first-order valence-corrected chi connectivity index (χ1v) is 6.21. The number of hydrogen-bond donors (Lipinski definition) is 1. The number of rotatable bonds is 5. The second kappa shape index (κ2) is 6.26. The van der Waals surface area contributed by atoms with Gasteiger partial charge in [0.2, 0.25) is 0 Å². The first-order chi connectivity index (χ1) is 8.81. The van der Waals surface area contributed by atoms with Crippen molar-refractivity contribution in [1.29, 1.82) is 0 Å². The van der Waals surface area contributed by atoms with E-state index < -0.39 is 0 Å². The lowest BCUT2D eigenvalue weighted by molar-refractivity contribution is 0.582. The van der Waals surface area contributed by atoms with Gasteiger partial charge in [-0.15, -0.1) is 0 Å². The van der Waals surface area contributed by atoms with Gasteiger partial charge in [-0.3, -0.25) is 4.98 Å². The minimum absolute atomic E-state index is 0.0201. The van der Waals surface area contributed by atoms with Crippen LogP contribution in [0.4, 0.5) is 4.39 Å². The third kappa shape index (κ3) is 3.14. The fourth-order valence-corrected chi connectivity index (χ4v) is 1.88. The van der Waals surface area contributed by atoms with E-state index in [1.165, 1.54) is 12.1 Å². The van der Waals surface area contributed by atoms with Crippen molar-refractivity contribution in [2.24, 2.45) is 0 Å². The van der Waals surface area contributed by atoms with E-state index in [2.05, 4.69) is 17.2 Å². The largest absolute Gasteiger partial charge is 0.305 e. The Kier molecular flexibility index (Phi) is 4.42. The van der Waals surface area contributed by atoms with Crippen LogP contribution in [0.1, 0.15) is 30.6 Å². The Morgan fingerprint density at radius 1 is 1.17 bits per heavy atom. The van der Waals surface area contributed by atoms with Crippen molar-refractivity contribution in [3.05, 3.63) is 65.7 Å². The van der Waals surface area contributed by atoms with E-state index in [-0.39, 0.29) is 11.9 Å². The van der Waals surface area contributed by atoms with E-state index in [0.717, 1.165) is 24.2 Å². The van der Waals surface area contributed by atoms with Crippen LogP contribution >= 0.6 is 0 Å². The van der Waals surface area contributed by atoms with E-state index in [1.807, 2.05) is 18.2 Å². The standard InChI is InChI=1S/C15H17FN2/c1-2-10-18-15(14-5-3-4-11-17-14)12-6-8-13(16)9-7-12/h3-9,11,15,18H,2,10H2,1H3. The molecule has 1 unspecified atom stereocenters. The summed E-state index contributed by atoms with van der Waals surface area (Å²) in [5.41, 5.74) is 1.99. The molecule has 94 valence electrons. The molecule has 2 rings (SSSR count). The molecule has 0 amide bonds. The molecule has 0 saturated heterocycles. The van der Waals surface area contributed by atoms with Gasteiger partial charge in [-0.05, 0) is 42.8 Å². The van der Waals surface area contributed by atoms with Crippen LogP contribution in [-0.4, -0.2) is 11.5 Å². The highest BCUT2D eigenvalue weighted by Crippen LogP contribution is 2.20. The summed E-state index contributed by atoms with van der Waals surface area (Å²) in [6, 6.07) is 12.4. The van der Waals surface area contributed by atoms with Crippen LogP contribution in [0, 0.1) is 5.82 Å². The monoisotopic (exact) mass is 244 g/mol. The lowest BCUT2D eigenvalue weighted by atomic mass is 10.0. The zero-order chi connectivity index (χ0) is 12.8. The highest BCUT2D eigenvalue weighted by Gasteiger charge is 2.13. The number of halogens is 1. The van der Waals surface area contributed by atoms with Crippen LogP contribution < -0.4 is 5.32 Å². The van der Waals surface area contributed by atoms with Gasteiger partial charge in [0.05, 0.1) is 11.7 Å². The summed E-state index contributed by atoms with van der Waals surface area (Å²) in [5.74, 6) is -0.214. The predicted molar refractivity (Wildman–Crippen MR) is 70.8 cm³/mol. The number of aromatic nitrogens is 1. The summed E-state index contributed by atoms with van der Waals surface area (Å²) >= 11 is 0. The van der Waals surface area contributed by atoms with E-state index in [0.29, 0.717) is 0 Å². The fraction of sp³-hybridized carbons (Fsp3) is 0.267. The average molecular weight is 244 g/mol. The van der Waals surface area contributed by atoms with E-state index in [4.69, 9.17) is 0 Å². The molecule has 0 saturated carbocycles. The first kappa shape index (κ1) is 12.7. The van der Waals surface area contributed by atoms with E-state index >= 15 is 0 Å². The molecule has 0 bridgehead atoms. The van der Waals surface area contributed by atoms with Gasteiger partial charge < -0.3 is 5.32 Å². The molecule has 18 heavy (non-hydrogen) atoms. The summed E-state index contributed by atoms with van der Waals surface area (Å²) in [7, 11) is 0. The first-order valence-electron chi connectivity index (χ1n) is 6.21. The van der Waals surface area contributed by atoms with Gasteiger partial charge in [0.15, 0.2) is 0 Å². The van der Waals surface area contributed by atoms with Crippen LogP contribution in [0.3, 0.4) is 0 Å². The molecule has 0 aliphatic rings. The lowest BCUT2D eigenvalue weighted by Crippen LogP contribution is -2.24. The molecule has 0 aliphatic carbocycles. The second-order valence-corrected chi connectivity index (χ2v) is 4.19. The maximum atomic E-state index is 13.0. The second-order valence-electron chi connectivity index (χ2n) is 4.19. The normalized spacial score (nSPS) is 12.3. The summed E-state index contributed by atoms with van der Waals surface area (Å²) in [5, 5.41) is 3.44. The lowest BCUT2D eigenvalue weighted by Gasteiger charge is -2.18. The number of nitrogens with one attached hydrogen (secondary N) is 1. The maximum Gasteiger partial charge on any atom is 0.123 e. The SMILES string of the molecule is CCCNC(c1ccc(F)cc1)c1ccccn1. The van der Waals surface area contributed by atoms with Gasteiger partial charge in [0.25, 0.3) is 0 Å². The van der Waals surface area contributed by atoms with Gasteiger partial charge in [-0.25, -0.2) is 4.39 Å². The zero-order valence-electron chi connectivity index (χ0n) is 10.4. The van der Waals surface area contributed by atoms with Crippen LogP contribution in [0.25, 0.3) is 0 Å². The van der Waals surface area contributed by atoms with Crippen LogP contribution in [-0.2, 0) is 0 Å². The van der Waals surface area contributed by atoms with Gasteiger partial charge in [0, 0.05) is 6.20 Å². The highest BCUT2D eigenvalue weighted by atomic mass is 19.1. The van der Waals surface area contributed by atoms with Gasteiger partial charge in [-0.1, -0.05) is 25.1 Å². The van der Waals surface area contributed by atoms with Crippen molar-refractivity contribution in [1.82, 2.24) is 10.3 Å². The predicted octanol–water partition coefficient (Wildman–Crippen LogP) is 3.31.